The fourth-order valence-corrected chi connectivity index (χ4v) is 4.21. The quantitative estimate of drug-likeness (QED) is 0.429. The van der Waals surface area contributed by atoms with Crippen LogP contribution in [-0.4, -0.2) is 26.5 Å². The number of anilines is 1. The molecule has 2 aromatic carbocycles. The molecule has 0 aliphatic carbocycles. The van der Waals surface area contributed by atoms with Gasteiger partial charge in [-0.2, -0.15) is 5.10 Å². The Hall–Kier alpha value is -3.68. The van der Waals surface area contributed by atoms with Gasteiger partial charge in [0.15, 0.2) is 5.65 Å². The van der Waals surface area contributed by atoms with Crippen LogP contribution in [0.25, 0.3) is 16.9 Å². The van der Waals surface area contributed by atoms with Gasteiger partial charge in [-0.15, -0.1) is 0 Å². The van der Waals surface area contributed by atoms with Gasteiger partial charge in [-0.3, -0.25) is 4.79 Å². The minimum Gasteiger partial charge on any atom is -0.305 e. The highest BCUT2D eigenvalue weighted by atomic mass is 19.3. The topological polar surface area (TPSA) is 50.5 Å². The number of fused-ring (bicyclic) bond motifs is 2. The van der Waals surface area contributed by atoms with Gasteiger partial charge in [-0.05, 0) is 49.6 Å². The highest BCUT2D eigenvalue weighted by Crippen LogP contribution is 2.34. The SMILES string of the molecule is CC1CCc2cc(F)ccc2N1C(=O)c1cnn2c(C(F)F)cc(-c3ccccc3)nc12. The average molecular weight is 436 g/mol. The molecule has 0 N–H and O–H groups in total. The summed E-state index contributed by atoms with van der Waals surface area (Å²) < 4.78 is 42.4. The molecule has 0 saturated carbocycles. The molecule has 1 aliphatic rings. The van der Waals surface area contributed by atoms with Crippen LogP contribution in [0, 0.1) is 5.82 Å². The Morgan fingerprint density at radius 2 is 1.91 bits per heavy atom. The van der Waals surface area contributed by atoms with Crippen LogP contribution in [-0.2, 0) is 6.42 Å². The van der Waals surface area contributed by atoms with Crippen molar-refractivity contribution in [3.63, 3.8) is 0 Å². The molecule has 0 radical (unpaired) electrons. The van der Waals surface area contributed by atoms with Crippen LogP contribution in [0.2, 0.25) is 0 Å². The molecule has 1 unspecified atom stereocenters. The van der Waals surface area contributed by atoms with E-state index in [-0.39, 0.29) is 28.8 Å². The number of aryl methyl sites for hydroxylation is 1. The van der Waals surface area contributed by atoms with Gasteiger partial charge < -0.3 is 4.90 Å². The lowest BCUT2D eigenvalue weighted by Crippen LogP contribution is -2.42. The average Bonchev–Trinajstić information content (AvgIpc) is 3.22. The lowest BCUT2D eigenvalue weighted by atomic mass is 9.96. The number of carbonyl (C=O) groups is 1. The van der Waals surface area contributed by atoms with Gasteiger partial charge in [-0.25, -0.2) is 22.7 Å². The largest absolute Gasteiger partial charge is 0.305 e. The normalized spacial score (nSPS) is 15.9. The van der Waals surface area contributed by atoms with Crippen LogP contribution < -0.4 is 4.90 Å². The van der Waals surface area contributed by atoms with Gasteiger partial charge in [0.2, 0.25) is 0 Å². The minimum atomic E-state index is -2.80. The number of amides is 1. The number of hydrogen-bond donors (Lipinski definition) is 0. The zero-order valence-corrected chi connectivity index (χ0v) is 17.2. The van der Waals surface area contributed by atoms with E-state index in [4.69, 9.17) is 0 Å². The molecule has 8 heteroatoms. The van der Waals surface area contributed by atoms with Gasteiger partial charge in [0.25, 0.3) is 12.3 Å². The van der Waals surface area contributed by atoms with Crippen molar-refractivity contribution in [2.24, 2.45) is 0 Å². The molecule has 1 amide bonds. The summed E-state index contributed by atoms with van der Waals surface area (Å²) in [5, 5.41) is 4.05. The third-order valence-electron chi connectivity index (χ3n) is 5.81. The Kier molecular flexibility index (Phi) is 4.92. The molecule has 5 nitrogen and oxygen atoms in total. The number of rotatable bonds is 3. The first kappa shape index (κ1) is 20.2. The van der Waals surface area contributed by atoms with Crippen molar-refractivity contribution >= 4 is 17.2 Å². The molecule has 0 saturated heterocycles. The first-order valence-electron chi connectivity index (χ1n) is 10.3. The van der Waals surface area contributed by atoms with Crippen LogP contribution in [0.1, 0.15) is 41.4 Å². The van der Waals surface area contributed by atoms with E-state index < -0.39 is 12.3 Å². The van der Waals surface area contributed by atoms with Crippen molar-refractivity contribution in [1.29, 1.82) is 0 Å². The van der Waals surface area contributed by atoms with Gasteiger partial charge in [-0.1, -0.05) is 30.3 Å². The van der Waals surface area contributed by atoms with Crippen LogP contribution >= 0.6 is 0 Å². The molecular weight excluding hydrogens is 417 g/mol. The second-order valence-electron chi connectivity index (χ2n) is 7.86. The Bertz CT molecular complexity index is 1320. The van der Waals surface area contributed by atoms with Crippen molar-refractivity contribution in [1.82, 2.24) is 14.6 Å². The lowest BCUT2D eigenvalue weighted by Gasteiger charge is -2.35. The van der Waals surface area contributed by atoms with Crippen molar-refractivity contribution in [2.75, 3.05) is 4.90 Å². The zero-order chi connectivity index (χ0) is 22.4. The summed E-state index contributed by atoms with van der Waals surface area (Å²) in [5.41, 5.74) is 2.17. The predicted molar refractivity (Wildman–Crippen MR) is 114 cm³/mol. The maximum absolute atomic E-state index is 13.8. The van der Waals surface area contributed by atoms with E-state index in [0.29, 0.717) is 29.8 Å². The Morgan fingerprint density at radius 3 is 2.66 bits per heavy atom. The van der Waals surface area contributed by atoms with Crippen molar-refractivity contribution in [2.45, 2.75) is 32.2 Å². The Morgan fingerprint density at radius 1 is 1.12 bits per heavy atom. The number of halogens is 3. The van der Waals surface area contributed by atoms with Gasteiger partial charge in [0, 0.05) is 17.3 Å². The minimum absolute atomic E-state index is 0.0630. The van der Waals surface area contributed by atoms with Crippen molar-refractivity contribution in [3.05, 3.63) is 83.4 Å². The molecule has 1 aliphatic heterocycles. The Labute approximate surface area is 182 Å². The molecule has 1 atom stereocenters. The smallest absolute Gasteiger partial charge is 0.280 e. The van der Waals surface area contributed by atoms with Crippen LogP contribution in [0.4, 0.5) is 18.9 Å². The number of carbonyl (C=O) groups excluding carboxylic acids is 1. The number of hydrogen-bond acceptors (Lipinski definition) is 3. The van der Waals surface area contributed by atoms with Crippen molar-refractivity contribution in [3.8, 4) is 11.3 Å². The summed E-state index contributed by atoms with van der Waals surface area (Å²) in [6.07, 6.45) is -0.218. The van der Waals surface area contributed by atoms with Gasteiger partial charge in [0.1, 0.15) is 17.1 Å². The standard InChI is InChI=1S/C24H19F3N4O/c1-14-7-8-16-11-17(25)9-10-20(16)30(14)24(32)18-13-28-31-21(22(26)27)12-19(29-23(18)31)15-5-3-2-4-6-15/h2-6,9-14,22H,7-8H2,1H3. The molecule has 3 heterocycles. The summed E-state index contributed by atoms with van der Waals surface area (Å²) in [6.45, 7) is 1.91. The lowest BCUT2D eigenvalue weighted by molar-refractivity contribution is 0.0976. The van der Waals surface area contributed by atoms with E-state index in [1.807, 2.05) is 13.0 Å². The molecule has 2 aromatic heterocycles. The van der Waals surface area contributed by atoms with E-state index in [1.54, 1.807) is 35.2 Å². The Balaban J connectivity index is 1.67. The summed E-state index contributed by atoms with van der Waals surface area (Å²) in [5.74, 6) is -0.768. The molecule has 32 heavy (non-hydrogen) atoms. The number of benzene rings is 2. The number of aromatic nitrogens is 3. The van der Waals surface area contributed by atoms with Gasteiger partial charge >= 0.3 is 0 Å². The van der Waals surface area contributed by atoms with Crippen LogP contribution in [0.3, 0.4) is 0 Å². The highest BCUT2D eigenvalue weighted by Gasteiger charge is 2.32. The number of alkyl halides is 2. The third-order valence-corrected chi connectivity index (χ3v) is 5.81. The molecule has 162 valence electrons. The zero-order valence-electron chi connectivity index (χ0n) is 17.2. The fourth-order valence-electron chi connectivity index (χ4n) is 4.21. The van der Waals surface area contributed by atoms with Crippen LogP contribution in [0.5, 0.6) is 0 Å². The fraction of sp³-hybridized carbons (Fsp3) is 0.208. The summed E-state index contributed by atoms with van der Waals surface area (Å²) >= 11 is 0. The van der Waals surface area contributed by atoms with E-state index in [0.717, 1.165) is 10.1 Å². The molecule has 0 bridgehead atoms. The molecule has 0 fully saturated rings. The summed E-state index contributed by atoms with van der Waals surface area (Å²) in [7, 11) is 0. The van der Waals surface area contributed by atoms with E-state index in [9.17, 15) is 18.0 Å². The van der Waals surface area contributed by atoms with E-state index >= 15 is 0 Å². The number of nitrogens with zero attached hydrogens (tertiary/aromatic N) is 4. The molecule has 5 rings (SSSR count). The predicted octanol–water partition coefficient (Wildman–Crippen LogP) is 5.45. The van der Waals surface area contributed by atoms with Crippen molar-refractivity contribution < 1.29 is 18.0 Å². The summed E-state index contributed by atoms with van der Waals surface area (Å²) in [4.78, 5) is 19.7. The monoisotopic (exact) mass is 436 g/mol. The first-order valence-corrected chi connectivity index (χ1v) is 10.3. The summed E-state index contributed by atoms with van der Waals surface area (Å²) in [6, 6.07) is 14.4. The van der Waals surface area contributed by atoms with Crippen LogP contribution in [0.15, 0.2) is 60.8 Å². The van der Waals surface area contributed by atoms with E-state index in [1.165, 1.54) is 24.4 Å². The maximum atomic E-state index is 13.8. The highest BCUT2D eigenvalue weighted by molar-refractivity contribution is 6.10. The first-order chi connectivity index (χ1) is 15.4. The van der Waals surface area contributed by atoms with Gasteiger partial charge in [0.05, 0.1) is 11.9 Å². The third kappa shape index (κ3) is 3.32. The second-order valence-corrected chi connectivity index (χ2v) is 7.86. The maximum Gasteiger partial charge on any atom is 0.280 e. The molecule has 0 spiro atoms. The van der Waals surface area contributed by atoms with E-state index in [2.05, 4.69) is 10.1 Å². The molecular formula is C24H19F3N4O. The molecule has 4 aromatic rings. The second kappa shape index (κ2) is 7.78.